The molecule has 0 spiro atoms. The van der Waals surface area contributed by atoms with Crippen LogP contribution >= 0.6 is 23.4 Å². The minimum Gasteiger partial charge on any atom is -0.493 e. The second kappa shape index (κ2) is 9.61. The Morgan fingerprint density at radius 1 is 1.52 bits per heavy atom. The molecule has 1 aromatic rings. The number of carboxylic acid groups (broad SMARTS) is 1. The number of rotatable bonds is 8. The number of thioether (sulfide) groups is 1. The molecule has 1 aliphatic rings. The first-order valence-corrected chi connectivity index (χ1v) is 9.44. The molecule has 0 bridgehead atoms. The van der Waals surface area contributed by atoms with E-state index in [0.29, 0.717) is 22.1 Å². The molecule has 0 saturated carbocycles. The van der Waals surface area contributed by atoms with E-state index in [4.69, 9.17) is 26.2 Å². The van der Waals surface area contributed by atoms with Gasteiger partial charge in [0.25, 0.3) is 0 Å². The highest BCUT2D eigenvalue weighted by atomic mass is 35.5. The quantitative estimate of drug-likeness (QED) is 0.501. The zero-order valence-electron chi connectivity index (χ0n) is 15.1. The molecule has 146 valence electrons. The van der Waals surface area contributed by atoms with Crippen LogP contribution in [0, 0.1) is 0 Å². The third-order valence-electron chi connectivity index (χ3n) is 3.64. The summed E-state index contributed by atoms with van der Waals surface area (Å²) in [6, 6.07) is 3.37. The maximum Gasteiger partial charge on any atom is 0.305 e. The number of nitrogens with zero attached hydrogens (tertiary/aromatic N) is 2. The summed E-state index contributed by atoms with van der Waals surface area (Å²) < 4.78 is 11.1. The third-order valence-corrected chi connectivity index (χ3v) is 4.99. The minimum atomic E-state index is -1.05. The lowest BCUT2D eigenvalue weighted by Gasteiger charge is -2.17. The molecule has 0 radical (unpaired) electrons. The Kier molecular flexibility index (Phi) is 7.49. The molecule has 2 unspecified atom stereocenters. The number of methoxy groups -OCH3 is 1. The van der Waals surface area contributed by atoms with E-state index >= 15 is 0 Å². The molecule has 2 rings (SSSR count). The maximum atomic E-state index is 11.7. The Balaban J connectivity index is 2.12. The summed E-state index contributed by atoms with van der Waals surface area (Å²) in [4.78, 5) is 22.4. The molecule has 10 heteroatoms. The van der Waals surface area contributed by atoms with Crippen molar-refractivity contribution in [3.63, 3.8) is 0 Å². The van der Waals surface area contributed by atoms with Crippen LogP contribution in [-0.4, -0.2) is 46.8 Å². The van der Waals surface area contributed by atoms with Crippen molar-refractivity contribution >= 4 is 46.6 Å². The summed E-state index contributed by atoms with van der Waals surface area (Å²) in [5, 5.41) is 19.0. The monoisotopic (exact) mass is 413 g/mol. The van der Waals surface area contributed by atoms with Crippen LogP contribution in [0.2, 0.25) is 5.02 Å². The van der Waals surface area contributed by atoms with Crippen LogP contribution in [0.15, 0.2) is 22.3 Å². The standard InChI is InChI=1S/C17H20ClN3O5S/c1-4-9(2)26-15-11(18)5-10(6-12(15)25-3)8-19-21-17-20-16(24)13(27-17)7-14(22)23/h5-6,8-9,13H,4,7H2,1-3H3,(H,22,23)(H,20,21,24). The maximum absolute atomic E-state index is 11.7. The fourth-order valence-electron chi connectivity index (χ4n) is 2.11. The topological polar surface area (TPSA) is 110 Å². The van der Waals surface area contributed by atoms with E-state index in [-0.39, 0.29) is 17.7 Å². The summed E-state index contributed by atoms with van der Waals surface area (Å²) >= 11 is 7.32. The van der Waals surface area contributed by atoms with Crippen LogP contribution in [0.3, 0.4) is 0 Å². The van der Waals surface area contributed by atoms with Crippen LogP contribution in [0.5, 0.6) is 11.5 Å². The van der Waals surface area contributed by atoms with Gasteiger partial charge in [-0.3, -0.25) is 9.59 Å². The molecule has 27 heavy (non-hydrogen) atoms. The van der Waals surface area contributed by atoms with Gasteiger partial charge in [0.15, 0.2) is 16.7 Å². The third kappa shape index (κ3) is 5.86. The zero-order valence-corrected chi connectivity index (χ0v) is 16.6. The van der Waals surface area contributed by atoms with Gasteiger partial charge in [0.1, 0.15) is 5.25 Å². The molecule has 1 heterocycles. The van der Waals surface area contributed by atoms with Crippen molar-refractivity contribution in [1.29, 1.82) is 0 Å². The van der Waals surface area contributed by atoms with E-state index < -0.39 is 17.1 Å². The number of amidine groups is 1. The number of amides is 1. The molecule has 1 saturated heterocycles. The highest BCUT2D eigenvalue weighted by molar-refractivity contribution is 8.15. The van der Waals surface area contributed by atoms with E-state index in [1.54, 1.807) is 12.1 Å². The van der Waals surface area contributed by atoms with Gasteiger partial charge < -0.3 is 19.9 Å². The Labute approximate surface area is 166 Å². The first kappa shape index (κ1) is 21.0. The van der Waals surface area contributed by atoms with Gasteiger partial charge in [-0.2, -0.15) is 5.10 Å². The van der Waals surface area contributed by atoms with Gasteiger partial charge in [-0.1, -0.05) is 30.3 Å². The number of aliphatic carboxylic acids is 1. The molecule has 1 fully saturated rings. The van der Waals surface area contributed by atoms with E-state index in [0.717, 1.165) is 18.2 Å². The molecule has 2 N–H and O–H groups in total. The number of hydrogen-bond donors (Lipinski definition) is 2. The van der Waals surface area contributed by atoms with Crippen LogP contribution in [0.25, 0.3) is 0 Å². The van der Waals surface area contributed by atoms with Gasteiger partial charge >= 0.3 is 5.97 Å². The van der Waals surface area contributed by atoms with Crippen molar-refractivity contribution in [3.05, 3.63) is 22.7 Å². The molecule has 0 aromatic heterocycles. The number of ether oxygens (including phenoxy) is 2. The first-order chi connectivity index (χ1) is 12.8. The summed E-state index contributed by atoms with van der Waals surface area (Å²) in [6.07, 6.45) is 1.99. The Bertz CT molecular complexity index is 784. The molecule has 1 aliphatic heterocycles. The second-order valence-electron chi connectivity index (χ2n) is 5.71. The number of carbonyl (C=O) groups excluding carboxylic acids is 1. The summed E-state index contributed by atoms with van der Waals surface area (Å²) in [6.45, 7) is 3.94. The van der Waals surface area contributed by atoms with Crippen LogP contribution < -0.4 is 14.8 Å². The lowest BCUT2D eigenvalue weighted by atomic mass is 10.2. The van der Waals surface area contributed by atoms with Crippen LogP contribution in [0.1, 0.15) is 32.3 Å². The molecule has 8 nitrogen and oxygen atoms in total. The van der Waals surface area contributed by atoms with E-state index in [1.165, 1.54) is 13.3 Å². The predicted octanol–water partition coefficient (Wildman–Crippen LogP) is 2.92. The highest BCUT2D eigenvalue weighted by Gasteiger charge is 2.32. The lowest BCUT2D eigenvalue weighted by molar-refractivity contribution is -0.138. The Morgan fingerprint density at radius 2 is 2.26 bits per heavy atom. The van der Waals surface area contributed by atoms with Gasteiger partial charge in [-0.15, -0.1) is 5.10 Å². The predicted molar refractivity (Wildman–Crippen MR) is 105 cm³/mol. The van der Waals surface area contributed by atoms with Crippen molar-refractivity contribution in [3.8, 4) is 11.5 Å². The lowest BCUT2D eigenvalue weighted by Crippen LogP contribution is -2.26. The second-order valence-corrected chi connectivity index (χ2v) is 7.31. The van der Waals surface area contributed by atoms with E-state index in [9.17, 15) is 9.59 Å². The SMILES string of the molecule is CCC(C)Oc1c(Cl)cc(C=NN=C2NC(=O)C(CC(=O)O)S2)cc1OC. The molecule has 1 amide bonds. The van der Waals surface area contributed by atoms with Crippen LogP contribution in [-0.2, 0) is 9.59 Å². The Morgan fingerprint density at radius 3 is 2.89 bits per heavy atom. The number of hydrogen-bond acceptors (Lipinski definition) is 7. The van der Waals surface area contributed by atoms with Gasteiger partial charge in [0.2, 0.25) is 5.91 Å². The van der Waals surface area contributed by atoms with Crippen LogP contribution in [0.4, 0.5) is 0 Å². The van der Waals surface area contributed by atoms with Gasteiger partial charge in [-0.05, 0) is 25.5 Å². The number of benzene rings is 1. The van der Waals surface area contributed by atoms with E-state index in [2.05, 4.69) is 15.5 Å². The van der Waals surface area contributed by atoms with Crippen molar-refractivity contribution in [2.24, 2.45) is 10.2 Å². The number of carboxylic acids is 1. The molecular formula is C17H20ClN3O5S. The van der Waals surface area contributed by atoms with Gasteiger partial charge in [0.05, 0.1) is 30.9 Å². The smallest absolute Gasteiger partial charge is 0.305 e. The summed E-state index contributed by atoms with van der Waals surface area (Å²) in [7, 11) is 1.52. The van der Waals surface area contributed by atoms with Crippen molar-refractivity contribution < 1.29 is 24.2 Å². The normalized spacial score (nSPS) is 19.3. The zero-order chi connectivity index (χ0) is 20.0. The minimum absolute atomic E-state index is 0.0101. The fourth-order valence-corrected chi connectivity index (χ4v) is 3.29. The number of halogens is 1. The van der Waals surface area contributed by atoms with E-state index in [1.807, 2.05) is 13.8 Å². The molecular weight excluding hydrogens is 394 g/mol. The van der Waals surface area contributed by atoms with Gasteiger partial charge in [-0.25, -0.2) is 0 Å². The van der Waals surface area contributed by atoms with Crippen molar-refractivity contribution in [2.75, 3.05) is 7.11 Å². The van der Waals surface area contributed by atoms with Crippen molar-refractivity contribution in [1.82, 2.24) is 5.32 Å². The fraction of sp³-hybridized carbons (Fsp3) is 0.412. The number of carbonyl (C=O) groups is 2. The van der Waals surface area contributed by atoms with Crippen molar-refractivity contribution in [2.45, 2.75) is 38.0 Å². The van der Waals surface area contributed by atoms with Gasteiger partial charge in [0, 0.05) is 5.56 Å². The number of nitrogens with one attached hydrogen (secondary N) is 1. The molecule has 2 atom stereocenters. The summed E-state index contributed by atoms with van der Waals surface area (Å²) in [5.74, 6) is -0.504. The summed E-state index contributed by atoms with van der Waals surface area (Å²) in [5.41, 5.74) is 0.633. The Hall–Kier alpha value is -2.26. The average molecular weight is 414 g/mol. The largest absolute Gasteiger partial charge is 0.493 e. The first-order valence-electron chi connectivity index (χ1n) is 8.18. The molecule has 0 aliphatic carbocycles. The average Bonchev–Trinajstić information content (AvgIpc) is 2.95. The molecule has 1 aromatic carbocycles. The highest BCUT2D eigenvalue weighted by Crippen LogP contribution is 2.37.